The molecule has 210 valence electrons. The number of ether oxygens (including phenoxy) is 2. The molecule has 4 rings (SSSR count). The van der Waals surface area contributed by atoms with Crippen molar-refractivity contribution in [3.05, 3.63) is 71.8 Å². The van der Waals surface area contributed by atoms with Crippen LogP contribution in [-0.2, 0) is 37.1 Å². The minimum Gasteiger partial charge on any atom is -0.393 e. The van der Waals surface area contributed by atoms with E-state index in [4.69, 9.17) is 14.6 Å². The van der Waals surface area contributed by atoms with E-state index in [0.29, 0.717) is 13.2 Å². The first-order chi connectivity index (χ1) is 18.5. The summed E-state index contributed by atoms with van der Waals surface area (Å²) in [6.45, 7) is 5.51. The highest BCUT2D eigenvalue weighted by Crippen LogP contribution is 2.11. The van der Waals surface area contributed by atoms with Gasteiger partial charge in [-0.1, -0.05) is 60.7 Å². The lowest BCUT2D eigenvalue weighted by Gasteiger charge is -2.20. The number of imide groups is 2. The molecule has 2 aliphatic rings. The Bertz CT molecular complexity index is 1140. The number of urea groups is 2. The SMILES string of the molecule is CC(=O)COCc1ccccc1.CC1(CO)NC(=O)NC1=O.CC1(COCc2ccccc2)NC(=O)NC1=O. The van der Waals surface area contributed by atoms with Crippen molar-refractivity contribution in [3.8, 4) is 0 Å². The number of nitrogens with one attached hydrogen (secondary N) is 4. The number of aliphatic hydroxyl groups is 1. The number of rotatable bonds is 9. The zero-order chi connectivity index (χ0) is 28.9. The van der Waals surface area contributed by atoms with Crippen LogP contribution in [0.4, 0.5) is 9.59 Å². The smallest absolute Gasteiger partial charge is 0.322 e. The molecule has 2 fully saturated rings. The van der Waals surface area contributed by atoms with Crippen molar-refractivity contribution in [1.82, 2.24) is 21.3 Å². The lowest BCUT2D eigenvalue weighted by molar-refractivity contribution is -0.126. The Morgan fingerprint density at radius 2 is 1.18 bits per heavy atom. The topological polar surface area (TPSA) is 172 Å². The molecule has 2 saturated heterocycles. The van der Waals surface area contributed by atoms with Gasteiger partial charge >= 0.3 is 12.1 Å². The second-order valence-corrected chi connectivity index (χ2v) is 9.30. The van der Waals surface area contributed by atoms with E-state index in [2.05, 4.69) is 16.0 Å². The Labute approximate surface area is 226 Å². The number of carbonyl (C=O) groups is 5. The molecule has 0 spiro atoms. The van der Waals surface area contributed by atoms with Gasteiger partial charge < -0.3 is 25.2 Å². The van der Waals surface area contributed by atoms with Gasteiger partial charge in [0.2, 0.25) is 0 Å². The second-order valence-electron chi connectivity index (χ2n) is 9.30. The number of amides is 6. The van der Waals surface area contributed by atoms with Crippen molar-refractivity contribution in [2.45, 2.75) is 45.1 Å². The van der Waals surface area contributed by atoms with Crippen molar-refractivity contribution in [3.63, 3.8) is 0 Å². The summed E-state index contributed by atoms with van der Waals surface area (Å²) in [4.78, 5) is 54.2. The molecule has 2 unspecified atom stereocenters. The quantitative estimate of drug-likeness (QED) is 0.294. The van der Waals surface area contributed by atoms with E-state index >= 15 is 0 Å². The Balaban J connectivity index is 0.000000214. The molecular weight excluding hydrogens is 508 g/mol. The minimum absolute atomic E-state index is 0.0610. The number of carbonyl (C=O) groups excluding carboxylic acids is 5. The van der Waals surface area contributed by atoms with Gasteiger partial charge in [-0.05, 0) is 31.9 Å². The fourth-order valence-corrected chi connectivity index (χ4v) is 3.21. The van der Waals surface area contributed by atoms with Crippen molar-refractivity contribution in [2.75, 3.05) is 19.8 Å². The van der Waals surface area contributed by atoms with Gasteiger partial charge in [0.15, 0.2) is 5.78 Å². The van der Waals surface area contributed by atoms with E-state index in [9.17, 15) is 24.0 Å². The van der Waals surface area contributed by atoms with Crippen LogP contribution in [0.3, 0.4) is 0 Å². The number of hydrogen-bond donors (Lipinski definition) is 5. The average Bonchev–Trinajstić information content (AvgIpc) is 3.32. The highest BCUT2D eigenvalue weighted by molar-refractivity contribution is 6.07. The molecule has 0 saturated carbocycles. The molecule has 12 heteroatoms. The average molecular weight is 543 g/mol. The third-order valence-electron chi connectivity index (χ3n) is 5.47. The number of hydrogen-bond acceptors (Lipinski definition) is 8. The van der Waals surface area contributed by atoms with Crippen molar-refractivity contribution in [1.29, 1.82) is 0 Å². The Hall–Kier alpha value is -4.13. The lowest BCUT2D eigenvalue weighted by Crippen LogP contribution is -2.47. The molecule has 6 amide bonds. The van der Waals surface area contributed by atoms with Crippen LogP contribution in [0.25, 0.3) is 0 Å². The third-order valence-corrected chi connectivity index (χ3v) is 5.47. The molecule has 2 aliphatic heterocycles. The summed E-state index contributed by atoms with van der Waals surface area (Å²) in [5.74, 6) is -0.776. The minimum atomic E-state index is -1.13. The summed E-state index contributed by atoms with van der Waals surface area (Å²) < 4.78 is 10.6. The standard InChI is InChI=1S/C12H14N2O3.C10H12O2.C5H8N2O3/c1-12(10(15)13-11(16)14-12)8-17-7-9-5-3-2-4-6-9;1-9(11)7-12-8-10-5-3-2-4-6-10;1-5(2-8)3(9)6-4(10)7-5/h2-6H,7-8H2,1H3,(H2,13,14,15,16);2-6H,7-8H2,1H3;8H,2H2,1H3,(H2,6,7,9,10). The van der Waals surface area contributed by atoms with Gasteiger partial charge in [-0.15, -0.1) is 0 Å². The summed E-state index contributed by atoms with van der Waals surface area (Å²) in [6, 6.07) is 18.4. The van der Waals surface area contributed by atoms with E-state index in [1.165, 1.54) is 13.8 Å². The maximum Gasteiger partial charge on any atom is 0.322 e. The van der Waals surface area contributed by atoms with Crippen LogP contribution >= 0.6 is 0 Å². The zero-order valence-electron chi connectivity index (χ0n) is 22.1. The Kier molecular flexibility index (Phi) is 11.7. The highest BCUT2D eigenvalue weighted by atomic mass is 16.5. The molecule has 0 bridgehead atoms. The normalized spacial score (nSPS) is 21.3. The molecule has 2 atom stereocenters. The molecule has 39 heavy (non-hydrogen) atoms. The van der Waals surface area contributed by atoms with E-state index in [-0.39, 0.29) is 31.5 Å². The largest absolute Gasteiger partial charge is 0.393 e. The zero-order valence-corrected chi connectivity index (χ0v) is 22.1. The van der Waals surface area contributed by atoms with Gasteiger partial charge in [-0.2, -0.15) is 0 Å². The number of Topliss-reactive ketones (excluding diaryl/α,β-unsaturated/α-hetero) is 1. The van der Waals surface area contributed by atoms with Crippen LogP contribution in [0.5, 0.6) is 0 Å². The second kappa shape index (κ2) is 14.7. The first kappa shape index (κ1) is 31.1. The van der Waals surface area contributed by atoms with Gasteiger partial charge in [0.25, 0.3) is 11.8 Å². The molecule has 0 radical (unpaired) electrons. The van der Waals surface area contributed by atoms with Crippen LogP contribution in [0, 0.1) is 0 Å². The van der Waals surface area contributed by atoms with Crippen molar-refractivity contribution < 1.29 is 38.6 Å². The van der Waals surface area contributed by atoms with Crippen LogP contribution in [0.15, 0.2) is 60.7 Å². The predicted molar refractivity (Wildman–Crippen MR) is 140 cm³/mol. The summed E-state index contributed by atoms with van der Waals surface area (Å²) in [7, 11) is 0. The maximum atomic E-state index is 11.5. The summed E-state index contributed by atoms with van der Waals surface area (Å²) in [6.07, 6.45) is 0. The first-order valence-electron chi connectivity index (χ1n) is 12.1. The van der Waals surface area contributed by atoms with E-state index < -0.39 is 29.0 Å². The Morgan fingerprint density at radius 1 is 0.744 bits per heavy atom. The number of benzene rings is 2. The van der Waals surface area contributed by atoms with Gasteiger partial charge in [-0.25, -0.2) is 9.59 Å². The lowest BCUT2D eigenvalue weighted by atomic mass is 10.1. The fraction of sp³-hybridized carbons (Fsp3) is 0.370. The van der Waals surface area contributed by atoms with Crippen LogP contribution in [0.2, 0.25) is 0 Å². The summed E-state index contributed by atoms with van der Waals surface area (Å²) >= 11 is 0. The maximum absolute atomic E-state index is 11.5. The van der Waals surface area contributed by atoms with Gasteiger partial charge in [-0.3, -0.25) is 25.0 Å². The van der Waals surface area contributed by atoms with E-state index in [0.717, 1.165) is 11.1 Å². The monoisotopic (exact) mass is 542 g/mol. The molecular formula is C27H34N4O8. The summed E-state index contributed by atoms with van der Waals surface area (Å²) in [5, 5.41) is 17.7. The fourth-order valence-electron chi connectivity index (χ4n) is 3.21. The molecule has 2 heterocycles. The van der Waals surface area contributed by atoms with Crippen LogP contribution in [-0.4, -0.2) is 65.7 Å². The molecule has 5 N–H and O–H groups in total. The van der Waals surface area contributed by atoms with Gasteiger partial charge in [0, 0.05) is 0 Å². The first-order valence-corrected chi connectivity index (χ1v) is 12.1. The predicted octanol–water partition coefficient (Wildman–Crippen LogP) is 1.17. The number of ketones is 1. The molecule has 2 aromatic rings. The molecule has 12 nitrogen and oxygen atoms in total. The molecule has 2 aromatic carbocycles. The van der Waals surface area contributed by atoms with Gasteiger partial charge in [0.1, 0.15) is 17.7 Å². The van der Waals surface area contributed by atoms with E-state index in [1.54, 1.807) is 6.92 Å². The Morgan fingerprint density at radius 3 is 1.54 bits per heavy atom. The number of aliphatic hydroxyl groups excluding tert-OH is 1. The third kappa shape index (κ3) is 10.3. The van der Waals surface area contributed by atoms with Crippen LogP contribution < -0.4 is 21.3 Å². The van der Waals surface area contributed by atoms with Crippen LogP contribution in [0.1, 0.15) is 31.9 Å². The molecule has 0 aliphatic carbocycles. The summed E-state index contributed by atoms with van der Waals surface area (Å²) in [5.41, 5.74) is 0.0303. The highest BCUT2D eigenvalue weighted by Gasteiger charge is 2.42. The van der Waals surface area contributed by atoms with Crippen molar-refractivity contribution in [2.24, 2.45) is 0 Å². The molecule has 0 aromatic heterocycles. The van der Waals surface area contributed by atoms with E-state index in [1.807, 2.05) is 66.0 Å². The van der Waals surface area contributed by atoms with Crippen molar-refractivity contribution >= 4 is 29.7 Å². The van der Waals surface area contributed by atoms with Gasteiger partial charge in [0.05, 0.1) is 26.4 Å².